The Morgan fingerprint density at radius 2 is 1.61 bits per heavy atom. The number of aryl methyl sites for hydroxylation is 1. The molecule has 2 aliphatic heterocycles. The van der Waals surface area contributed by atoms with Crippen molar-refractivity contribution >= 4 is 52.6 Å². The van der Waals surface area contributed by atoms with Gasteiger partial charge in [0.15, 0.2) is 0 Å². The van der Waals surface area contributed by atoms with Crippen molar-refractivity contribution in [3.8, 4) is 28.4 Å². The van der Waals surface area contributed by atoms with Gasteiger partial charge in [0.1, 0.15) is 29.1 Å². The van der Waals surface area contributed by atoms with E-state index in [1.54, 1.807) is 32.0 Å². The molecular weight excluding hydrogens is 803 g/mol. The maximum absolute atomic E-state index is 13.4. The summed E-state index contributed by atoms with van der Waals surface area (Å²) < 4.78 is 23.6. The molecule has 62 heavy (non-hydrogen) atoms. The summed E-state index contributed by atoms with van der Waals surface area (Å²) in [6, 6.07) is 8.80. The fraction of sp³-hybridized carbons (Fsp3) is 0.409. The van der Waals surface area contributed by atoms with Gasteiger partial charge in [-0.15, -0.1) is 0 Å². The van der Waals surface area contributed by atoms with E-state index in [-0.39, 0.29) is 48.3 Å². The van der Waals surface area contributed by atoms with Crippen LogP contribution in [-0.2, 0) is 37.5 Å². The summed E-state index contributed by atoms with van der Waals surface area (Å²) in [6.07, 6.45) is 6.76. The number of nitrogens with zero attached hydrogens (tertiary/aromatic N) is 4. The second-order valence-corrected chi connectivity index (χ2v) is 15.3. The van der Waals surface area contributed by atoms with Crippen LogP contribution in [0.2, 0.25) is 0 Å². The highest BCUT2D eigenvalue weighted by Gasteiger charge is 2.46. The van der Waals surface area contributed by atoms with Crippen LogP contribution in [0, 0.1) is 0 Å². The Balaban J connectivity index is 0.962. The molecule has 4 heterocycles. The molecule has 5 amide bonds. The number of anilines is 1. The van der Waals surface area contributed by atoms with Crippen molar-refractivity contribution in [2.45, 2.75) is 70.2 Å². The number of carbonyl (C=O) groups excluding carboxylic acids is 6. The zero-order chi connectivity index (χ0) is 44.5. The van der Waals surface area contributed by atoms with Crippen LogP contribution in [0.15, 0.2) is 53.6 Å². The first-order chi connectivity index (χ1) is 29.9. The van der Waals surface area contributed by atoms with Gasteiger partial charge in [0.25, 0.3) is 23.8 Å². The van der Waals surface area contributed by atoms with E-state index < -0.39 is 41.9 Å². The molecule has 1 saturated heterocycles. The standard InChI is InChI=1S/C44H51N7O11/c1-49(2)23-31-34(59-4)19-26(20-35(31)60-5)30-24-50(3)41(56)29-22-47-36(21-28(29)30)45-17-10-8-6-7-9-11-18-46-40(55)44(61-25-52)62-33-14-12-13-27-38(33)43(58)51(42(27)57)32-15-16-37(53)48-39(32)54/h12-14,19-22,24-25,32,44H,6-11,15-18,23H2,1-5H3,(H,45,47)(H,46,55)(H,48,53,54). The molecule has 2 aliphatic rings. The van der Waals surface area contributed by atoms with E-state index in [0.717, 1.165) is 59.1 Å². The van der Waals surface area contributed by atoms with Gasteiger partial charge < -0.3 is 39.0 Å². The van der Waals surface area contributed by atoms with Crippen LogP contribution in [0.3, 0.4) is 0 Å². The largest absolute Gasteiger partial charge is 0.496 e. The van der Waals surface area contributed by atoms with Crippen molar-refractivity contribution in [2.75, 3.05) is 46.7 Å². The number of pyridine rings is 2. The van der Waals surface area contributed by atoms with E-state index in [9.17, 15) is 33.6 Å². The van der Waals surface area contributed by atoms with Crippen molar-refractivity contribution in [2.24, 2.45) is 7.05 Å². The molecule has 2 atom stereocenters. The Morgan fingerprint density at radius 1 is 0.919 bits per heavy atom. The lowest BCUT2D eigenvalue weighted by molar-refractivity contribution is -0.162. The van der Waals surface area contributed by atoms with Gasteiger partial charge in [-0.3, -0.25) is 43.8 Å². The van der Waals surface area contributed by atoms with E-state index in [1.807, 2.05) is 43.4 Å². The summed E-state index contributed by atoms with van der Waals surface area (Å²) in [5, 5.41) is 9.46. The Labute approximate surface area is 357 Å². The van der Waals surface area contributed by atoms with Crippen LogP contribution >= 0.6 is 0 Å². The predicted octanol–water partition coefficient (Wildman–Crippen LogP) is 3.53. The maximum atomic E-state index is 13.4. The summed E-state index contributed by atoms with van der Waals surface area (Å²) in [5.41, 5.74) is 2.22. The van der Waals surface area contributed by atoms with Crippen LogP contribution in [-0.4, -0.2) is 109 Å². The number of unbranched alkanes of at least 4 members (excludes halogenated alkanes) is 5. The number of carbonyl (C=O) groups is 6. The Hall–Kier alpha value is -6.82. The minimum absolute atomic E-state index is 0.0267. The van der Waals surface area contributed by atoms with Crippen molar-refractivity contribution in [3.63, 3.8) is 0 Å². The van der Waals surface area contributed by atoms with Gasteiger partial charge in [0.2, 0.25) is 11.8 Å². The molecule has 328 valence electrons. The molecule has 2 unspecified atom stereocenters. The molecule has 0 aliphatic carbocycles. The summed E-state index contributed by atoms with van der Waals surface area (Å²) in [7, 11) is 8.92. The number of methoxy groups -OCH3 is 2. The lowest BCUT2D eigenvalue weighted by Gasteiger charge is -2.27. The van der Waals surface area contributed by atoms with Gasteiger partial charge in [-0.25, -0.2) is 4.98 Å². The van der Waals surface area contributed by atoms with Gasteiger partial charge >= 0.3 is 12.2 Å². The topological polar surface area (TPSA) is 217 Å². The highest BCUT2D eigenvalue weighted by molar-refractivity contribution is 6.24. The van der Waals surface area contributed by atoms with Crippen LogP contribution in [0.4, 0.5) is 5.82 Å². The van der Waals surface area contributed by atoms with E-state index >= 15 is 0 Å². The molecule has 4 aromatic rings. The molecule has 0 spiro atoms. The Kier molecular flexibility index (Phi) is 14.5. The summed E-state index contributed by atoms with van der Waals surface area (Å²) >= 11 is 0. The number of hydrogen-bond acceptors (Lipinski definition) is 14. The van der Waals surface area contributed by atoms with E-state index in [0.29, 0.717) is 42.2 Å². The van der Waals surface area contributed by atoms with Crippen molar-refractivity contribution in [1.29, 1.82) is 0 Å². The van der Waals surface area contributed by atoms with Crippen LogP contribution in [0.1, 0.15) is 77.6 Å². The molecular formula is C44H51N7O11. The highest BCUT2D eigenvalue weighted by Crippen LogP contribution is 2.38. The smallest absolute Gasteiger partial charge is 0.323 e. The third kappa shape index (κ3) is 9.86. The molecule has 18 nitrogen and oxygen atoms in total. The van der Waals surface area contributed by atoms with Crippen LogP contribution in [0.5, 0.6) is 17.2 Å². The number of piperidine rings is 1. The lowest BCUT2D eigenvalue weighted by atomic mass is 9.98. The molecule has 3 N–H and O–H groups in total. The minimum atomic E-state index is -1.75. The van der Waals surface area contributed by atoms with Crippen molar-refractivity contribution < 1.29 is 47.7 Å². The average molecular weight is 854 g/mol. The third-order valence-electron chi connectivity index (χ3n) is 10.7. The van der Waals surface area contributed by atoms with Crippen molar-refractivity contribution in [3.05, 3.63) is 75.8 Å². The number of ether oxygens (including phenoxy) is 4. The Morgan fingerprint density at radius 3 is 2.27 bits per heavy atom. The van der Waals surface area contributed by atoms with Gasteiger partial charge in [0.05, 0.1) is 36.3 Å². The molecule has 6 rings (SSSR count). The van der Waals surface area contributed by atoms with Crippen molar-refractivity contribution in [1.82, 2.24) is 30.0 Å². The van der Waals surface area contributed by atoms with E-state index in [4.69, 9.17) is 18.9 Å². The molecule has 2 aromatic carbocycles. The first kappa shape index (κ1) is 44.7. The number of imide groups is 2. The monoisotopic (exact) mass is 853 g/mol. The van der Waals surface area contributed by atoms with Gasteiger partial charge in [-0.1, -0.05) is 31.7 Å². The van der Waals surface area contributed by atoms with Crippen LogP contribution in [0.25, 0.3) is 21.9 Å². The van der Waals surface area contributed by atoms with Gasteiger partial charge in [0, 0.05) is 56.4 Å². The van der Waals surface area contributed by atoms with Gasteiger partial charge in [-0.2, -0.15) is 0 Å². The molecule has 0 radical (unpaired) electrons. The first-order valence-electron chi connectivity index (χ1n) is 20.4. The average Bonchev–Trinajstić information content (AvgIpc) is 3.51. The number of hydrogen-bond donors (Lipinski definition) is 3. The summed E-state index contributed by atoms with van der Waals surface area (Å²) in [5.74, 6) is -1.75. The molecule has 2 aromatic heterocycles. The number of rotatable bonds is 21. The summed E-state index contributed by atoms with van der Waals surface area (Å²) in [4.78, 5) is 95.3. The third-order valence-corrected chi connectivity index (χ3v) is 10.7. The SMILES string of the molecule is COc1cc(-c2cn(C)c(=O)c3cnc(NCCCCCCCCNC(=O)C(OC=O)Oc4cccc5c4C(=O)N(C4CCC(=O)NC4=O)C5=O)cc23)cc(OC)c1CN(C)C. The minimum Gasteiger partial charge on any atom is -0.496 e. The lowest BCUT2D eigenvalue weighted by Crippen LogP contribution is -2.54. The number of benzene rings is 2. The fourth-order valence-corrected chi connectivity index (χ4v) is 7.66. The number of aromatic nitrogens is 2. The zero-order valence-corrected chi connectivity index (χ0v) is 35.4. The van der Waals surface area contributed by atoms with E-state index in [2.05, 4.69) is 20.9 Å². The second kappa shape index (κ2) is 20.2. The van der Waals surface area contributed by atoms with E-state index in [1.165, 1.54) is 18.2 Å². The molecule has 0 bridgehead atoms. The number of fused-ring (bicyclic) bond motifs is 2. The second-order valence-electron chi connectivity index (χ2n) is 15.3. The number of nitrogens with one attached hydrogen (secondary N) is 3. The summed E-state index contributed by atoms with van der Waals surface area (Å²) in [6.45, 7) is 1.62. The van der Waals surface area contributed by atoms with Crippen LogP contribution < -0.4 is 35.7 Å². The molecule has 18 heteroatoms. The normalized spacial score (nSPS) is 15.3. The zero-order valence-electron chi connectivity index (χ0n) is 35.4. The quantitative estimate of drug-likeness (QED) is 0.0473. The Bertz CT molecular complexity index is 2410. The predicted molar refractivity (Wildman–Crippen MR) is 227 cm³/mol. The maximum Gasteiger partial charge on any atom is 0.323 e. The highest BCUT2D eigenvalue weighted by atomic mass is 16.7. The van der Waals surface area contributed by atoms with Gasteiger partial charge in [-0.05, 0) is 69.3 Å². The molecule has 1 fully saturated rings. The first-order valence-corrected chi connectivity index (χ1v) is 20.4. The fourth-order valence-electron chi connectivity index (χ4n) is 7.66. The number of amides is 5. The molecule has 0 saturated carbocycles.